The van der Waals surface area contributed by atoms with Gasteiger partial charge in [0.25, 0.3) is 5.69 Å². The molecule has 2 aromatic rings. The number of hydrogen-bond acceptors (Lipinski definition) is 4. The zero-order valence-corrected chi connectivity index (χ0v) is 10.8. The van der Waals surface area contributed by atoms with Gasteiger partial charge in [-0.15, -0.1) is 0 Å². The summed E-state index contributed by atoms with van der Waals surface area (Å²) >= 11 is 3.34. The Hall–Kier alpha value is -2.08. The van der Waals surface area contributed by atoms with Crippen LogP contribution < -0.4 is 11.1 Å². The van der Waals surface area contributed by atoms with E-state index in [1.807, 2.05) is 24.3 Å². The van der Waals surface area contributed by atoms with Crippen molar-refractivity contribution >= 4 is 38.7 Å². The smallest absolute Gasteiger partial charge is 0.273 e. The number of rotatable bonds is 3. The SMILES string of the molecule is Nc1cc(Nc2ccc(Br)cc2)cc([N+](=O)[O-])c1. The van der Waals surface area contributed by atoms with Crippen LogP contribution in [0, 0.1) is 10.1 Å². The predicted octanol–water partition coefficient (Wildman–Crippen LogP) is 3.68. The van der Waals surface area contributed by atoms with Gasteiger partial charge in [-0.25, -0.2) is 0 Å². The van der Waals surface area contributed by atoms with Crippen molar-refractivity contribution in [3.8, 4) is 0 Å². The molecule has 0 unspecified atom stereocenters. The molecule has 0 aliphatic heterocycles. The van der Waals surface area contributed by atoms with E-state index in [9.17, 15) is 10.1 Å². The Morgan fingerprint density at radius 1 is 1.11 bits per heavy atom. The monoisotopic (exact) mass is 307 g/mol. The summed E-state index contributed by atoms with van der Waals surface area (Å²) in [5.74, 6) is 0. The summed E-state index contributed by atoms with van der Waals surface area (Å²) in [4.78, 5) is 10.2. The molecule has 0 aliphatic carbocycles. The second kappa shape index (κ2) is 5.05. The van der Waals surface area contributed by atoms with Gasteiger partial charge in [-0.3, -0.25) is 10.1 Å². The van der Waals surface area contributed by atoms with Gasteiger partial charge in [0.15, 0.2) is 0 Å². The van der Waals surface area contributed by atoms with Crippen molar-refractivity contribution in [2.45, 2.75) is 0 Å². The minimum absolute atomic E-state index is 0.0328. The summed E-state index contributed by atoms with van der Waals surface area (Å²) in [5, 5.41) is 13.8. The molecule has 3 N–H and O–H groups in total. The largest absolute Gasteiger partial charge is 0.398 e. The Labute approximate surface area is 112 Å². The fourth-order valence-corrected chi connectivity index (χ4v) is 1.78. The van der Waals surface area contributed by atoms with E-state index in [0.717, 1.165) is 10.2 Å². The molecule has 0 spiro atoms. The van der Waals surface area contributed by atoms with Gasteiger partial charge in [0.05, 0.1) is 4.92 Å². The van der Waals surface area contributed by atoms with Crippen molar-refractivity contribution in [3.63, 3.8) is 0 Å². The van der Waals surface area contributed by atoms with Crippen molar-refractivity contribution < 1.29 is 4.92 Å². The zero-order valence-electron chi connectivity index (χ0n) is 9.26. The Morgan fingerprint density at radius 2 is 1.78 bits per heavy atom. The number of benzene rings is 2. The van der Waals surface area contributed by atoms with Crippen LogP contribution in [0.2, 0.25) is 0 Å². The molecule has 0 amide bonds. The molecule has 5 nitrogen and oxygen atoms in total. The summed E-state index contributed by atoms with van der Waals surface area (Å²) in [7, 11) is 0. The standard InChI is InChI=1S/C12H10BrN3O2/c13-8-1-3-10(4-2-8)15-11-5-9(14)6-12(7-11)16(17)18/h1-7,15H,14H2. The fourth-order valence-electron chi connectivity index (χ4n) is 1.51. The van der Waals surface area contributed by atoms with Crippen LogP contribution in [0.4, 0.5) is 22.7 Å². The summed E-state index contributed by atoms with van der Waals surface area (Å²) in [6.07, 6.45) is 0. The summed E-state index contributed by atoms with van der Waals surface area (Å²) < 4.78 is 0.964. The van der Waals surface area contributed by atoms with Crippen LogP contribution in [0.1, 0.15) is 0 Å². The third-order valence-electron chi connectivity index (χ3n) is 2.28. The third kappa shape index (κ3) is 2.98. The first-order valence-corrected chi connectivity index (χ1v) is 5.91. The van der Waals surface area contributed by atoms with Gasteiger partial charge >= 0.3 is 0 Å². The minimum Gasteiger partial charge on any atom is -0.398 e. The van der Waals surface area contributed by atoms with Crippen LogP contribution in [-0.4, -0.2) is 4.92 Å². The van der Waals surface area contributed by atoms with Crippen molar-refractivity contribution in [1.82, 2.24) is 0 Å². The van der Waals surface area contributed by atoms with Crippen molar-refractivity contribution in [3.05, 3.63) is 57.1 Å². The maximum Gasteiger partial charge on any atom is 0.273 e. The number of nitro groups is 1. The van der Waals surface area contributed by atoms with E-state index in [2.05, 4.69) is 21.2 Å². The van der Waals surface area contributed by atoms with Gasteiger partial charge in [-0.2, -0.15) is 0 Å². The van der Waals surface area contributed by atoms with Gasteiger partial charge in [-0.05, 0) is 30.3 Å². The lowest BCUT2D eigenvalue weighted by atomic mass is 10.2. The van der Waals surface area contributed by atoms with E-state index >= 15 is 0 Å². The maximum absolute atomic E-state index is 10.7. The average Bonchev–Trinajstić information content (AvgIpc) is 2.31. The van der Waals surface area contributed by atoms with Crippen LogP contribution in [-0.2, 0) is 0 Å². The van der Waals surface area contributed by atoms with E-state index < -0.39 is 4.92 Å². The molecule has 0 aliphatic rings. The highest BCUT2D eigenvalue weighted by molar-refractivity contribution is 9.10. The van der Waals surface area contributed by atoms with Crippen LogP contribution in [0.5, 0.6) is 0 Å². The Balaban J connectivity index is 2.28. The highest BCUT2D eigenvalue weighted by Gasteiger charge is 2.08. The Morgan fingerprint density at radius 3 is 2.39 bits per heavy atom. The molecule has 0 fully saturated rings. The fraction of sp³-hybridized carbons (Fsp3) is 0. The van der Waals surface area contributed by atoms with E-state index in [4.69, 9.17) is 5.73 Å². The van der Waals surface area contributed by atoms with E-state index in [0.29, 0.717) is 11.4 Å². The minimum atomic E-state index is -0.469. The highest BCUT2D eigenvalue weighted by Crippen LogP contribution is 2.25. The Kier molecular flexibility index (Phi) is 3.47. The first kappa shape index (κ1) is 12.4. The van der Waals surface area contributed by atoms with E-state index in [1.54, 1.807) is 6.07 Å². The van der Waals surface area contributed by atoms with Crippen molar-refractivity contribution in [1.29, 1.82) is 0 Å². The second-order valence-electron chi connectivity index (χ2n) is 3.70. The summed E-state index contributed by atoms with van der Waals surface area (Å²) in [5.41, 5.74) is 7.36. The van der Waals surface area contributed by atoms with Gasteiger partial charge in [0.1, 0.15) is 0 Å². The van der Waals surface area contributed by atoms with Crippen LogP contribution in [0.15, 0.2) is 46.9 Å². The maximum atomic E-state index is 10.7. The molecule has 0 saturated carbocycles. The lowest BCUT2D eigenvalue weighted by Gasteiger charge is -2.07. The van der Waals surface area contributed by atoms with Gasteiger partial charge in [0.2, 0.25) is 0 Å². The first-order valence-electron chi connectivity index (χ1n) is 5.12. The molecule has 0 aromatic heterocycles. The van der Waals surface area contributed by atoms with Crippen LogP contribution in [0.25, 0.3) is 0 Å². The number of halogens is 1. The molecule has 2 rings (SSSR count). The van der Waals surface area contributed by atoms with Gasteiger partial charge < -0.3 is 11.1 Å². The number of nitro benzene ring substituents is 1. The third-order valence-corrected chi connectivity index (χ3v) is 2.81. The Bertz CT molecular complexity index is 584. The molecule has 6 heteroatoms. The van der Waals surface area contributed by atoms with Crippen molar-refractivity contribution in [2.75, 3.05) is 11.1 Å². The topological polar surface area (TPSA) is 81.2 Å². The molecular formula is C12H10BrN3O2. The number of hydrogen-bond donors (Lipinski definition) is 2. The number of nitrogens with zero attached hydrogens (tertiary/aromatic N) is 1. The van der Waals surface area contributed by atoms with Crippen LogP contribution in [0.3, 0.4) is 0 Å². The molecule has 2 aromatic carbocycles. The van der Waals surface area contributed by atoms with Gasteiger partial charge in [0, 0.05) is 33.7 Å². The second-order valence-corrected chi connectivity index (χ2v) is 4.62. The summed E-state index contributed by atoms with van der Waals surface area (Å²) in [6, 6.07) is 11.9. The lowest BCUT2D eigenvalue weighted by molar-refractivity contribution is -0.384. The normalized spacial score (nSPS) is 10.1. The quantitative estimate of drug-likeness (QED) is 0.515. The van der Waals surface area contributed by atoms with Crippen molar-refractivity contribution in [2.24, 2.45) is 0 Å². The highest BCUT2D eigenvalue weighted by atomic mass is 79.9. The molecule has 0 bridgehead atoms. The molecule has 0 atom stereocenters. The number of non-ortho nitro benzene ring substituents is 1. The summed E-state index contributed by atoms with van der Waals surface area (Å²) in [6.45, 7) is 0. The number of nitrogens with two attached hydrogens (primary N) is 1. The molecule has 0 heterocycles. The first-order chi connectivity index (χ1) is 8.54. The molecule has 18 heavy (non-hydrogen) atoms. The van der Waals surface area contributed by atoms with E-state index in [-0.39, 0.29) is 5.69 Å². The van der Waals surface area contributed by atoms with E-state index in [1.165, 1.54) is 12.1 Å². The van der Waals surface area contributed by atoms with Crippen LogP contribution >= 0.6 is 15.9 Å². The number of nitrogen functional groups attached to an aromatic ring is 1. The molecular weight excluding hydrogens is 298 g/mol. The number of nitrogens with one attached hydrogen (secondary N) is 1. The zero-order chi connectivity index (χ0) is 13.1. The predicted molar refractivity (Wildman–Crippen MR) is 74.9 cm³/mol. The average molecular weight is 308 g/mol. The lowest BCUT2D eigenvalue weighted by Crippen LogP contribution is -1.96. The number of anilines is 3. The molecule has 0 saturated heterocycles. The molecule has 92 valence electrons. The van der Waals surface area contributed by atoms with Gasteiger partial charge in [-0.1, -0.05) is 15.9 Å². The molecule has 0 radical (unpaired) electrons.